The smallest absolute Gasteiger partial charge is 0.223 e. The predicted octanol–water partition coefficient (Wildman–Crippen LogP) is 6.15. The van der Waals surface area contributed by atoms with E-state index in [1.54, 1.807) is 18.3 Å². The number of alkyl halides is 1. The molecule has 3 aromatic rings. The van der Waals surface area contributed by atoms with Crippen LogP contribution in [0.4, 0.5) is 4.39 Å². The van der Waals surface area contributed by atoms with Crippen LogP contribution in [0, 0.1) is 11.7 Å². The van der Waals surface area contributed by atoms with Gasteiger partial charge in [-0.25, -0.2) is 9.37 Å². The summed E-state index contributed by atoms with van der Waals surface area (Å²) in [5.74, 6) is 0.430. The molecule has 1 saturated carbocycles. The number of rotatable bonds is 4. The molecule has 0 unspecified atom stereocenters. The monoisotopic (exact) mass is 565 g/mol. The molecule has 1 aliphatic heterocycles. The van der Waals surface area contributed by atoms with Gasteiger partial charge in [0.1, 0.15) is 11.5 Å². The van der Waals surface area contributed by atoms with Gasteiger partial charge in [0, 0.05) is 44.8 Å². The molecular formula is C25H26ClFIN3O. The fourth-order valence-corrected chi connectivity index (χ4v) is 6.04. The van der Waals surface area contributed by atoms with Gasteiger partial charge in [0.15, 0.2) is 0 Å². The first-order valence-electron chi connectivity index (χ1n) is 11.3. The number of fused-ring (bicyclic) bond motifs is 3. The number of hydrogen-bond acceptors (Lipinski definition) is 2. The maximum atomic E-state index is 14.6. The van der Waals surface area contributed by atoms with Gasteiger partial charge in [-0.1, -0.05) is 40.3 Å². The van der Waals surface area contributed by atoms with Crippen molar-refractivity contribution in [2.24, 2.45) is 5.92 Å². The molecule has 0 bridgehead atoms. The van der Waals surface area contributed by atoms with Gasteiger partial charge in [-0.2, -0.15) is 0 Å². The van der Waals surface area contributed by atoms with Gasteiger partial charge in [0.05, 0.1) is 13.1 Å². The second-order valence-electron chi connectivity index (χ2n) is 9.01. The largest absolute Gasteiger partial charge is 0.337 e. The zero-order valence-electron chi connectivity index (χ0n) is 17.9. The SMILES string of the molecule is O=C(C[C@H]1CC[C@H](I)CC1)N1CCc2c(n(Cc3ccc(Cl)cc3F)c3ncccc23)C1. The number of carbonyl (C=O) groups is 1. The molecule has 3 heterocycles. The molecule has 1 aromatic carbocycles. The molecule has 2 aliphatic rings. The summed E-state index contributed by atoms with van der Waals surface area (Å²) in [6, 6.07) is 8.81. The lowest BCUT2D eigenvalue weighted by Crippen LogP contribution is -2.38. The highest BCUT2D eigenvalue weighted by molar-refractivity contribution is 14.1. The lowest BCUT2D eigenvalue weighted by Gasteiger charge is -2.31. The van der Waals surface area contributed by atoms with Gasteiger partial charge >= 0.3 is 0 Å². The molecule has 1 aliphatic carbocycles. The summed E-state index contributed by atoms with van der Waals surface area (Å²) in [5, 5.41) is 1.49. The Hall–Kier alpha value is -1.67. The average molecular weight is 566 g/mol. The third kappa shape index (κ3) is 4.40. The summed E-state index contributed by atoms with van der Waals surface area (Å²) in [4.78, 5) is 19.8. The molecule has 0 saturated heterocycles. The van der Waals surface area contributed by atoms with Gasteiger partial charge in [0.2, 0.25) is 5.91 Å². The number of halogens is 3. The third-order valence-corrected chi connectivity index (χ3v) is 8.43. The number of benzene rings is 1. The van der Waals surface area contributed by atoms with Crippen LogP contribution in [0.5, 0.6) is 0 Å². The highest BCUT2D eigenvalue weighted by Crippen LogP contribution is 2.34. The van der Waals surface area contributed by atoms with E-state index in [2.05, 4.69) is 38.2 Å². The average Bonchev–Trinajstić information content (AvgIpc) is 3.10. The van der Waals surface area contributed by atoms with Crippen LogP contribution in [-0.4, -0.2) is 30.8 Å². The summed E-state index contributed by atoms with van der Waals surface area (Å²) in [5.41, 5.74) is 3.72. The summed E-state index contributed by atoms with van der Waals surface area (Å²) in [6.07, 6.45) is 7.96. The number of carbonyl (C=O) groups excluding carboxylic acids is 1. The van der Waals surface area contributed by atoms with Crippen LogP contribution in [-0.2, 0) is 24.3 Å². The van der Waals surface area contributed by atoms with Crippen LogP contribution in [0.1, 0.15) is 48.9 Å². The van der Waals surface area contributed by atoms with Crippen molar-refractivity contribution in [3.05, 3.63) is 64.2 Å². The fourth-order valence-electron chi connectivity index (χ4n) is 5.17. The molecule has 7 heteroatoms. The molecule has 1 fully saturated rings. The van der Waals surface area contributed by atoms with Crippen molar-refractivity contribution in [3.63, 3.8) is 0 Å². The first kappa shape index (κ1) is 22.1. The Bertz CT molecular complexity index is 1160. The summed E-state index contributed by atoms with van der Waals surface area (Å²) in [6.45, 7) is 1.66. The van der Waals surface area contributed by atoms with Gasteiger partial charge in [-0.05, 0) is 67.9 Å². The van der Waals surface area contributed by atoms with Crippen molar-refractivity contribution in [1.82, 2.24) is 14.5 Å². The number of amides is 1. The van der Waals surface area contributed by atoms with Crippen molar-refractivity contribution in [2.75, 3.05) is 6.54 Å². The van der Waals surface area contributed by atoms with E-state index in [4.69, 9.17) is 11.6 Å². The normalized spacial score (nSPS) is 21.0. The Kier molecular flexibility index (Phi) is 6.43. The van der Waals surface area contributed by atoms with Gasteiger partial charge in [0.25, 0.3) is 0 Å². The lowest BCUT2D eigenvalue weighted by atomic mass is 9.86. The first-order valence-corrected chi connectivity index (χ1v) is 12.9. The molecule has 5 rings (SSSR count). The second-order valence-corrected chi connectivity index (χ2v) is 11.2. The Morgan fingerprint density at radius 2 is 2.03 bits per heavy atom. The zero-order chi connectivity index (χ0) is 22.2. The summed E-state index contributed by atoms with van der Waals surface area (Å²) < 4.78 is 17.4. The van der Waals surface area contributed by atoms with Gasteiger partial charge in [-0.15, -0.1) is 0 Å². The van der Waals surface area contributed by atoms with Crippen molar-refractivity contribution >= 4 is 51.1 Å². The number of aromatic nitrogens is 2. The van der Waals surface area contributed by atoms with E-state index in [9.17, 15) is 9.18 Å². The van der Waals surface area contributed by atoms with Crippen molar-refractivity contribution < 1.29 is 9.18 Å². The summed E-state index contributed by atoms with van der Waals surface area (Å²) in [7, 11) is 0. The topological polar surface area (TPSA) is 38.1 Å². The number of pyridine rings is 1. The van der Waals surface area contributed by atoms with Crippen molar-refractivity contribution in [1.29, 1.82) is 0 Å². The van der Waals surface area contributed by atoms with E-state index in [-0.39, 0.29) is 11.7 Å². The number of hydrogen-bond donors (Lipinski definition) is 0. The second kappa shape index (κ2) is 9.29. The molecule has 1 amide bonds. The molecule has 0 atom stereocenters. The first-order chi connectivity index (χ1) is 15.5. The van der Waals surface area contributed by atoms with Crippen LogP contribution in [0.3, 0.4) is 0 Å². The molecule has 0 N–H and O–H groups in total. The van der Waals surface area contributed by atoms with Crippen LogP contribution in [0.2, 0.25) is 5.02 Å². The maximum absolute atomic E-state index is 14.6. The molecule has 2 aromatic heterocycles. The van der Waals surface area contributed by atoms with E-state index < -0.39 is 0 Å². The highest BCUT2D eigenvalue weighted by Gasteiger charge is 2.29. The van der Waals surface area contributed by atoms with Crippen molar-refractivity contribution in [2.45, 2.75) is 55.5 Å². The van der Waals surface area contributed by atoms with Crippen LogP contribution >= 0.6 is 34.2 Å². The van der Waals surface area contributed by atoms with Crippen molar-refractivity contribution in [3.8, 4) is 0 Å². The zero-order valence-corrected chi connectivity index (χ0v) is 20.8. The van der Waals surface area contributed by atoms with E-state index in [0.29, 0.717) is 36.0 Å². The maximum Gasteiger partial charge on any atom is 0.223 e. The predicted molar refractivity (Wildman–Crippen MR) is 134 cm³/mol. The minimum Gasteiger partial charge on any atom is -0.337 e. The van der Waals surface area contributed by atoms with E-state index in [1.165, 1.54) is 24.5 Å². The Balaban J connectivity index is 1.42. The van der Waals surface area contributed by atoms with Crippen LogP contribution in [0.25, 0.3) is 11.0 Å². The molecule has 0 radical (unpaired) electrons. The molecule has 32 heavy (non-hydrogen) atoms. The quantitative estimate of drug-likeness (QED) is 0.281. The molecular weight excluding hydrogens is 540 g/mol. The minimum atomic E-state index is -0.321. The fraction of sp³-hybridized carbons (Fsp3) is 0.440. The van der Waals surface area contributed by atoms with Crippen LogP contribution in [0.15, 0.2) is 36.5 Å². The Morgan fingerprint density at radius 1 is 1.22 bits per heavy atom. The molecule has 168 valence electrons. The standard InChI is InChI=1S/C25H26ClFIN3O/c26-18-6-5-17(22(27)13-18)14-31-23-15-30(24(32)12-16-3-7-19(28)8-4-16)11-9-20(23)21-2-1-10-29-25(21)31/h1-2,5-6,10,13,16,19H,3-4,7-9,11-12,14-15H2/t16-,19-. The molecule has 4 nitrogen and oxygen atoms in total. The van der Waals surface area contributed by atoms with Gasteiger partial charge < -0.3 is 9.47 Å². The Labute approximate surface area is 206 Å². The lowest BCUT2D eigenvalue weighted by molar-refractivity contribution is -0.133. The van der Waals surface area contributed by atoms with Gasteiger partial charge in [-0.3, -0.25) is 4.79 Å². The van der Waals surface area contributed by atoms with E-state index in [0.717, 1.165) is 46.5 Å². The van der Waals surface area contributed by atoms with E-state index in [1.807, 2.05) is 11.0 Å². The summed E-state index contributed by atoms with van der Waals surface area (Å²) >= 11 is 8.48. The minimum absolute atomic E-state index is 0.245. The van der Waals surface area contributed by atoms with E-state index >= 15 is 0 Å². The number of nitrogens with zero attached hydrogens (tertiary/aromatic N) is 3. The third-order valence-electron chi connectivity index (χ3n) is 6.95. The molecule has 0 spiro atoms. The highest BCUT2D eigenvalue weighted by atomic mass is 127. The Morgan fingerprint density at radius 3 is 2.81 bits per heavy atom. The van der Waals surface area contributed by atoms with Crippen LogP contribution < -0.4 is 0 Å².